The van der Waals surface area contributed by atoms with E-state index in [1.165, 1.54) is 32.1 Å². The smallest absolute Gasteiger partial charge is 0.338 e. The van der Waals surface area contributed by atoms with Crippen molar-refractivity contribution in [3.8, 4) is 5.75 Å². The van der Waals surface area contributed by atoms with Crippen LogP contribution in [0, 0.1) is 12.8 Å². The number of carbonyl (C=O) groups is 1. The number of rotatable bonds is 7. The van der Waals surface area contributed by atoms with Crippen molar-refractivity contribution in [2.24, 2.45) is 5.92 Å². The second-order valence-corrected chi connectivity index (χ2v) is 9.98. The van der Waals surface area contributed by atoms with Gasteiger partial charge in [0.2, 0.25) is 0 Å². The normalized spacial score (nSPS) is 21.5. The summed E-state index contributed by atoms with van der Waals surface area (Å²) in [4.78, 5) is 13.1. The predicted octanol–water partition coefficient (Wildman–Crippen LogP) is 6.61. The number of carbonyl (C=O) groups excluding carboxylic acids is 1. The third-order valence-corrected chi connectivity index (χ3v) is 7.01. The number of fused-ring (bicyclic) bond motifs is 1. The van der Waals surface area contributed by atoms with Gasteiger partial charge in [0.05, 0.1) is 5.56 Å². The summed E-state index contributed by atoms with van der Waals surface area (Å²) in [5.74, 6) is 1.15. The molecule has 0 radical (unpaired) electrons. The Balaban J connectivity index is 0.00000324. The second kappa shape index (κ2) is 11.2. The quantitative estimate of drug-likeness (QED) is 0.460. The molecule has 2 unspecified atom stereocenters. The summed E-state index contributed by atoms with van der Waals surface area (Å²) >= 11 is 0. The number of ether oxygens (including phenoxy) is 3. The van der Waals surface area contributed by atoms with E-state index in [4.69, 9.17) is 14.2 Å². The van der Waals surface area contributed by atoms with Crippen molar-refractivity contribution in [1.82, 2.24) is 0 Å². The fourth-order valence-electron chi connectivity index (χ4n) is 4.98. The number of anilines is 1. The van der Waals surface area contributed by atoms with Gasteiger partial charge in [0.1, 0.15) is 17.5 Å². The SMILES string of the molecule is CNc1ccc2c(c1)C(OCCC1CCCCC1)C(OC(=O)c1ccc(C)cc1)C(C)(C)O2.F. The summed E-state index contributed by atoms with van der Waals surface area (Å²) in [7, 11) is 1.89. The largest absolute Gasteiger partial charge is 0.483 e. The highest BCUT2D eigenvalue weighted by Crippen LogP contribution is 2.45. The van der Waals surface area contributed by atoms with Crippen LogP contribution in [0.25, 0.3) is 0 Å². The molecule has 1 aliphatic carbocycles. The first-order chi connectivity index (χ1) is 15.9. The van der Waals surface area contributed by atoms with Gasteiger partial charge < -0.3 is 19.5 Å². The van der Waals surface area contributed by atoms with Gasteiger partial charge >= 0.3 is 5.97 Å². The summed E-state index contributed by atoms with van der Waals surface area (Å²) in [6.07, 6.45) is 6.64. The van der Waals surface area contributed by atoms with Gasteiger partial charge in [0.25, 0.3) is 0 Å². The molecule has 2 atom stereocenters. The topological polar surface area (TPSA) is 56.8 Å². The Bertz CT molecular complexity index is 953. The molecule has 6 heteroatoms. The third kappa shape index (κ3) is 5.90. The van der Waals surface area contributed by atoms with E-state index in [1.807, 2.05) is 58.2 Å². The van der Waals surface area contributed by atoms with Crippen LogP contribution in [-0.2, 0) is 9.47 Å². The number of hydrogen-bond donors (Lipinski definition) is 1. The summed E-state index contributed by atoms with van der Waals surface area (Å²) in [6.45, 7) is 6.58. The molecule has 0 spiro atoms. The number of nitrogens with one attached hydrogen (secondary N) is 1. The van der Waals surface area contributed by atoms with Gasteiger partial charge in [-0.3, -0.25) is 4.70 Å². The first-order valence-corrected chi connectivity index (χ1v) is 12.3. The molecule has 2 aliphatic rings. The zero-order chi connectivity index (χ0) is 23.4. The first-order valence-electron chi connectivity index (χ1n) is 12.3. The lowest BCUT2D eigenvalue weighted by Gasteiger charge is -2.44. The monoisotopic (exact) mass is 471 g/mol. The van der Waals surface area contributed by atoms with E-state index >= 15 is 0 Å². The van der Waals surface area contributed by atoms with Crippen molar-refractivity contribution in [2.45, 2.75) is 77.1 Å². The van der Waals surface area contributed by atoms with E-state index < -0.39 is 17.8 Å². The Morgan fingerprint density at radius 2 is 1.79 bits per heavy atom. The maximum atomic E-state index is 13.1. The van der Waals surface area contributed by atoms with E-state index in [9.17, 15) is 4.79 Å². The Kier molecular flexibility index (Phi) is 8.58. The fourth-order valence-corrected chi connectivity index (χ4v) is 4.98. The van der Waals surface area contributed by atoms with Crippen LogP contribution in [0.3, 0.4) is 0 Å². The lowest BCUT2D eigenvalue weighted by molar-refractivity contribution is -0.141. The van der Waals surface area contributed by atoms with Gasteiger partial charge in [-0.05, 0) is 63.4 Å². The molecule has 1 fully saturated rings. The maximum absolute atomic E-state index is 13.1. The van der Waals surface area contributed by atoms with Crippen LogP contribution in [0.5, 0.6) is 5.75 Å². The molecule has 34 heavy (non-hydrogen) atoms. The lowest BCUT2D eigenvalue weighted by Crippen LogP contribution is -2.51. The highest BCUT2D eigenvalue weighted by atomic mass is 19.0. The number of aryl methyl sites for hydroxylation is 1. The van der Waals surface area contributed by atoms with Crippen molar-refractivity contribution in [3.63, 3.8) is 0 Å². The minimum absolute atomic E-state index is 0. The van der Waals surface area contributed by atoms with Crippen LogP contribution in [0.15, 0.2) is 42.5 Å². The maximum Gasteiger partial charge on any atom is 0.338 e. The fraction of sp³-hybridized carbons (Fsp3) is 0.536. The second-order valence-electron chi connectivity index (χ2n) is 9.98. The van der Waals surface area contributed by atoms with Gasteiger partial charge in [-0.25, -0.2) is 4.79 Å². The summed E-state index contributed by atoms with van der Waals surface area (Å²) in [5, 5.41) is 3.19. The number of halogens is 1. The molecule has 2 aromatic rings. The van der Waals surface area contributed by atoms with Gasteiger partial charge in [-0.2, -0.15) is 0 Å². The van der Waals surface area contributed by atoms with E-state index in [2.05, 4.69) is 5.32 Å². The molecule has 4 rings (SSSR count). The summed E-state index contributed by atoms with van der Waals surface area (Å²) < 4.78 is 19.0. The van der Waals surface area contributed by atoms with E-state index in [-0.39, 0.29) is 10.7 Å². The minimum Gasteiger partial charge on any atom is -0.483 e. The minimum atomic E-state index is -0.732. The van der Waals surface area contributed by atoms with Crippen LogP contribution >= 0.6 is 0 Å². The molecule has 2 aromatic carbocycles. The van der Waals surface area contributed by atoms with Crippen LogP contribution in [0.1, 0.15) is 80.0 Å². The number of esters is 1. The van der Waals surface area contributed by atoms with Crippen LogP contribution in [0.2, 0.25) is 0 Å². The van der Waals surface area contributed by atoms with Gasteiger partial charge in [0, 0.05) is 24.9 Å². The predicted molar refractivity (Wildman–Crippen MR) is 133 cm³/mol. The molecule has 0 bridgehead atoms. The lowest BCUT2D eigenvalue weighted by atomic mass is 9.86. The Hall–Kier alpha value is -2.60. The molecule has 0 amide bonds. The van der Waals surface area contributed by atoms with E-state index in [1.54, 1.807) is 12.1 Å². The van der Waals surface area contributed by atoms with Crippen molar-refractivity contribution in [3.05, 3.63) is 59.2 Å². The van der Waals surface area contributed by atoms with E-state index in [0.717, 1.165) is 34.9 Å². The van der Waals surface area contributed by atoms with Gasteiger partial charge in [0.15, 0.2) is 6.10 Å². The highest BCUT2D eigenvalue weighted by Gasteiger charge is 2.47. The van der Waals surface area contributed by atoms with Crippen LogP contribution < -0.4 is 10.1 Å². The van der Waals surface area contributed by atoms with Crippen molar-refractivity contribution < 1.29 is 23.7 Å². The molecule has 1 aliphatic heterocycles. The molecule has 1 N–H and O–H groups in total. The van der Waals surface area contributed by atoms with Crippen molar-refractivity contribution in [2.75, 3.05) is 19.0 Å². The van der Waals surface area contributed by atoms with Crippen LogP contribution in [0.4, 0.5) is 10.4 Å². The average Bonchev–Trinajstić information content (AvgIpc) is 2.81. The van der Waals surface area contributed by atoms with Crippen molar-refractivity contribution >= 4 is 11.7 Å². The van der Waals surface area contributed by atoms with E-state index in [0.29, 0.717) is 12.2 Å². The summed E-state index contributed by atoms with van der Waals surface area (Å²) in [6, 6.07) is 13.5. The number of hydrogen-bond acceptors (Lipinski definition) is 5. The molecule has 1 saturated carbocycles. The third-order valence-electron chi connectivity index (χ3n) is 7.01. The summed E-state index contributed by atoms with van der Waals surface area (Å²) in [5.41, 5.74) is 2.80. The molecule has 186 valence electrons. The first kappa shape index (κ1) is 26.0. The molecule has 1 heterocycles. The van der Waals surface area contributed by atoms with Gasteiger partial charge in [-0.1, -0.05) is 49.8 Å². The zero-order valence-electron chi connectivity index (χ0n) is 20.8. The highest BCUT2D eigenvalue weighted by molar-refractivity contribution is 5.89. The molecule has 0 aromatic heterocycles. The standard InChI is InChI=1S/C28H37NO4.FH/c1-19-10-12-21(13-11-19)27(30)32-26-25(31-17-16-20-8-6-5-7-9-20)23-18-22(29-4)14-15-24(23)33-28(26,2)3;/h10-15,18,20,25-26,29H,5-9,16-17H2,1-4H3;1H. The Morgan fingerprint density at radius 3 is 2.47 bits per heavy atom. The average molecular weight is 472 g/mol. The van der Waals surface area contributed by atoms with Crippen LogP contribution in [-0.4, -0.2) is 31.3 Å². The zero-order valence-corrected chi connectivity index (χ0v) is 20.8. The molecular weight excluding hydrogens is 433 g/mol. The van der Waals surface area contributed by atoms with Crippen molar-refractivity contribution in [1.29, 1.82) is 0 Å². The molecule has 5 nitrogen and oxygen atoms in total. The number of benzene rings is 2. The Morgan fingerprint density at radius 1 is 1.09 bits per heavy atom. The Labute approximate surface area is 202 Å². The van der Waals surface area contributed by atoms with Gasteiger partial charge in [-0.15, -0.1) is 0 Å². The molecular formula is C28H38FNO4. The molecule has 0 saturated heterocycles.